The second kappa shape index (κ2) is 8.93. The molecule has 1 amide bonds. The Morgan fingerprint density at radius 3 is 2.41 bits per heavy atom. The highest BCUT2D eigenvalue weighted by molar-refractivity contribution is 5.95. The van der Waals surface area contributed by atoms with Crippen molar-refractivity contribution < 1.29 is 19.2 Å². The molecular weight excluding hydrogens is 348 g/mol. The number of nitrogens with one attached hydrogen (secondary N) is 1. The quantitative estimate of drug-likeness (QED) is 0.447. The number of anilines is 1. The minimum atomic E-state index is -0.713. The minimum Gasteiger partial charge on any atom is -0.452 e. The van der Waals surface area contributed by atoms with Crippen molar-refractivity contribution in [3.63, 3.8) is 0 Å². The van der Waals surface area contributed by atoms with Gasteiger partial charge in [0, 0.05) is 17.3 Å². The number of nitrogens with zero attached hydrogens (tertiary/aromatic N) is 1. The van der Waals surface area contributed by atoms with Gasteiger partial charge in [-0.15, -0.1) is 0 Å². The van der Waals surface area contributed by atoms with Crippen molar-refractivity contribution in [3.8, 4) is 0 Å². The van der Waals surface area contributed by atoms with E-state index in [2.05, 4.69) is 19.2 Å². The summed E-state index contributed by atoms with van der Waals surface area (Å²) in [7, 11) is 0. The fourth-order valence-corrected chi connectivity index (χ4v) is 2.53. The van der Waals surface area contributed by atoms with Gasteiger partial charge in [-0.3, -0.25) is 14.9 Å². The molecule has 27 heavy (non-hydrogen) atoms. The van der Waals surface area contributed by atoms with Crippen molar-refractivity contribution in [2.75, 3.05) is 11.9 Å². The summed E-state index contributed by atoms with van der Waals surface area (Å²) in [6.07, 6.45) is 1.03. The van der Waals surface area contributed by atoms with Crippen molar-refractivity contribution in [1.82, 2.24) is 0 Å². The number of aryl methyl sites for hydroxylation is 1. The summed E-state index contributed by atoms with van der Waals surface area (Å²) < 4.78 is 4.98. The lowest BCUT2D eigenvalue weighted by atomic mass is 9.99. The maximum Gasteiger partial charge on any atom is 0.338 e. The Morgan fingerprint density at radius 2 is 1.85 bits per heavy atom. The third-order valence-corrected chi connectivity index (χ3v) is 4.34. The molecule has 2 aromatic rings. The highest BCUT2D eigenvalue weighted by Crippen LogP contribution is 2.21. The Hall–Kier alpha value is -3.22. The molecular formula is C20H22N2O5. The Morgan fingerprint density at radius 1 is 1.19 bits per heavy atom. The standard InChI is InChI=1S/C20H22N2O5/c1-4-13(2)15-5-8-17(9-6-15)21-19(23)12-27-20(24)16-7-10-18(22(25)26)14(3)11-16/h5-11,13H,4,12H2,1-3H3,(H,21,23)/t13-/m0/s1. The molecule has 0 saturated carbocycles. The number of amides is 1. The van der Waals surface area contributed by atoms with Crippen LogP contribution in [0.4, 0.5) is 11.4 Å². The lowest BCUT2D eigenvalue weighted by Crippen LogP contribution is -2.21. The van der Waals surface area contributed by atoms with Gasteiger partial charge in [0.05, 0.1) is 10.5 Å². The molecule has 1 N–H and O–H groups in total. The zero-order valence-electron chi connectivity index (χ0n) is 15.5. The van der Waals surface area contributed by atoms with Gasteiger partial charge in [-0.1, -0.05) is 26.0 Å². The van der Waals surface area contributed by atoms with Crippen LogP contribution < -0.4 is 5.32 Å². The maximum absolute atomic E-state index is 12.0. The fourth-order valence-electron chi connectivity index (χ4n) is 2.53. The average Bonchev–Trinajstić information content (AvgIpc) is 2.65. The summed E-state index contributed by atoms with van der Waals surface area (Å²) in [6, 6.07) is 11.4. The molecule has 0 saturated heterocycles. The highest BCUT2D eigenvalue weighted by atomic mass is 16.6. The van der Waals surface area contributed by atoms with Gasteiger partial charge in [0.15, 0.2) is 6.61 Å². The molecule has 0 radical (unpaired) electrons. The third kappa shape index (κ3) is 5.37. The molecule has 142 valence electrons. The van der Waals surface area contributed by atoms with Crippen LogP contribution in [0.15, 0.2) is 42.5 Å². The van der Waals surface area contributed by atoms with Gasteiger partial charge >= 0.3 is 5.97 Å². The Labute approximate surface area is 157 Å². The molecule has 0 aliphatic carbocycles. The van der Waals surface area contributed by atoms with E-state index in [-0.39, 0.29) is 11.3 Å². The van der Waals surface area contributed by atoms with E-state index in [1.165, 1.54) is 30.7 Å². The largest absolute Gasteiger partial charge is 0.452 e. The molecule has 0 aliphatic rings. The number of ether oxygens (including phenoxy) is 1. The Kier molecular flexibility index (Phi) is 6.65. The highest BCUT2D eigenvalue weighted by Gasteiger charge is 2.15. The van der Waals surface area contributed by atoms with Crippen molar-refractivity contribution in [3.05, 3.63) is 69.3 Å². The van der Waals surface area contributed by atoms with Crippen molar-refractivity contribution >= 4 is 23.3 Å². The molecule has 1 atom stereocenters. The molecule has 0 heterocycles. The summed E-state index contributed by atoms with van der Waals surface area (Å²) in [5, 5.41) is 13.5. The van der Waals surface area contributed by atoms with Gasteiger partial charge in [-0.05, 0) is 49.1 Å². The van der Waals surface area contributed by atoms with Crippen LogP contribution >= 0.6 is 0 Å². The predicted octanol–water partition coefficient (Wildman–Crippen LogP) is 4.21. The summed E-state index contributed by atoms with van der Waals surface area (Å²) in [5.74, 6) is -0.727. The molecule has 0 fully saturated rings. The van der Waals surface area contributed by atoms with E-state index in [4.69, 9.17) is 4.74 Å². The lowest BCUT2D eigenvalue weighted by Gasteiger charge is -2.11. The van der Waals surface area contributed by atoms with Crippen molar-refractivity contribution in [1.29, 1.82) is 0 Å². The van der Waals surface area contributed by atoms with Gasteiger partial charge in [-0.2, -0.15) is 0 Å². The lowest BCUT2D eigenvalue weighted by molar-refractivity contribution is -0.385. The first-order valence-electron chi connectivity index (χ1n) is 8.63. The zero-order chi connectivity index (χ0) is 20.0. The van der Waals surface area contributed by atoms with Crippen LogP contribution in [0.25, 0.3) is 0 Å². The van der Waals surface area contributed by atoms with Gasteiger partial charge < -0.3 is 10.1 Å². The van der Waals surface area contributed by atoms with E-state index < -0.39 is 23.4 Å². The van der Waals surface area contributed by atoms with Crippen molar-refractivity contribution in [2.45, 2.75) is 33.1 Å². The monoisotopic (exact) mass is 370 g/mol. The molecule has 0 aromatic heterocycles. The van der Waals surface area contributed by atoms with Crippen LogP contribution in [-0.4, -0.2) is 23.4 Å². The fraction of sp³-hybridized carbons (Fsp3) is 0.300. The van der Waals surface area contributed by atoms with Crippen LogP contribution in [-0.2, 0) is 9.53 Å². The minimum absolute atomic E-state index is 0.0786. The van der Waals surface area contributed by atoms with Crippen LogP contribution in [0.3, 0.4) is 0 Å². The van der Waals surface area contributed by atoms with Gasteiger partial charge in [0.1, 0.15) is 0 Å². The summed E-state index contributed by atoms with van der Waals surface area (Å²) in [5.41, 5.74) is 2.24. The third-order valence-electron chi connectivity index (χ3n) is 4.34. The normalized spacial score (nSPS) is 11.5. The molecule has 0 spiro atoms. The molecule has 7 heteroatoms. The van der Waals surface area contributed by atoms with Crippen LogP contribution in [0.5, 0.6) is 0 Å². The van der Waals surface area contributed by atoms with E-state index in [0.717, 1.165) is 6.42 Å². The predicted molar refractivity (Wildman–Crippen MR) is 102 cm³/mol. The number of hydrogen-bond donors (Lipinski definition) is 1. The first kappa shape index (κ1) is 20.1. The number of carbonyl (C=O) groups excluding carboxylic acids is 2. The Balaban J connectivity index is 1.90. The van der Waals surface area contributed by atoms with Crippen LogP contribution in [0.1, 0.15) is 47.7 Å². The average molecular weight is 370 g/mol. The number of hydrogen-bond acceptors (Lipinski definition) is 5. The first-order valence-corrected chi connectivity index (χ1v) is 8.63. The molecule has 7 nitrogen and oxygen atoms in total. The topological polar surface area (TPSA) is 98.5 Å². The van der Waals surface area contributed by atoms with E-state index in [0.29, 0.717) is 17.2 Å². The maximum atomic E-state index is 12.0. The number of rotatable bonds is 7. The summed E-state index contributed by atoms with van der Waals surface area (Å²) in [6.45, 7) is 5.33. The number of nitro groups is 1. The number of carbonyl (C=O) groups is 2. The Bertz CT molecular complexity index is 846. The van der Waals surface area contributed by atoms with E-state index in [9.17, 15) is 19.7 Å². The first-order chi connectivity index (χ1) is 12.8. The second-order valence-corrected chi connectivity index (χ2v) is 6.31. The zero-order valence-corrected chi connectivity index (χ0v) is 15.5. The van der Waals surface area contributed by atoms with Crippen LogP contribution in [0.2, 0.25) is 0 Å². The SMILES string of the molecule is CC[C@H](C)c1ccc(NC(=O)COC(=O)c2ccc([N+](=O)[O-])c(C)c2)cc1. The number of benzene rings is 2. The summed E-state index contributed by atoms with van der Waals surface area (Å²) in [4.78, 5) is 34.3. The number of esters is 1. The van der Waals surface area contributed by atoms with E-state index in [1.54, 1.807) is 12.1 Å². The van der Waals surface area contributed by atoms with Gasteiger partial charge in [0.2, 0.25) is 0 Å². The second-order valence-electron chi connectivity index (χ2n) is 6.31. The molecule has 2 aromatic carbocycles. The number of nitro benzene ring substituents is 1. The van der Waals surface area contributed by atoms with Crippen molar-refractivity contribution in [2.24, 2.45) is 0 Å². The summed E-state index contributed by atoms with van der Waals surface area (Å²) >= 11 is 0. The van der Waals surface area contributed by atoms with E-state index in [1.807, 2.05) is 12.1 Å². The van der Waals surface area contributed by atoms with Gasteiger partial charge in [0.25, 0.3) is 11.6 Å². The molecule has 0 bridgehead atoms. The smallest absolute Gasteiger partial charge is 0.338 e. The molecule has 2 rings (SSSR count). The molecule has 0 unspecified atom stereocenters. The van der Waals surface area contributed by atoms with Crippen LogP contribution in [0, 0.1) is 17.0 Å². The van der Waals surface area contributed by atoms with E-state index >= 15 is 0 Å². The van der Waals surface area contributed by atoms with Gasteiger partial charge in [-0.25, -0.2) is 4.79 Å². The molecule has 0 aliphatic heterocycles.